The fraction of sp³-hybridized carbons (Fsp3) is 0.143. The first-order valence-corrected chi connectivity index (χ1v) is 18.0. The number of rotatable bonds is 13. The summed E-state index contributed by atoms with van der Waals surface area (Å²) in [6.45, 7) is 7.95. The molecule has 0 atom stereocenters. The number of hydrogen-bond donors (Lipinski definition) is 0. The molecule has 2 nitrogen and oxygen atoms in total. The molecule has 7 aromatic carbocycles. The fourth-order valence-corrected chi connectivity index (χ4v) is 7.23. The zero-order valence-corrected chi connectivity index (χ0v) is 29.7. The Labute approximate surface area is 304 Å². The van der Waals surface area contributed by atoms with Gasteiger partial charge in [-0.05, 0) is 88.2 Å². The molecule has 0 radical (unpaired) electrons. The highest BCUT2D eigenvalue weighted by Gasteiger charge is 2.22. The molecular weight excluding hydrogens is 617 g/mol. The standard InChI is InChI=1S/C49H46N2/c1-38-32-45(50(34-40-18-8-3-9-19-40)35-41-20-10-4-11-21-41)28-30-47(38)49(44-26-16-7-17-27-44)48-31-29-46(33-39(48)2)51(36-42-22-12-5-13-23-42)37-43-24-14-6-15-25-43/h3-33,49H,34-37H2,1-2H3. The van der Waals surface area contributed by atoms with Crippen molar-refractivity contribution in [2.24, 2.45) is 0 Å². The third-order valence-electron chi connectivity index (χ3n) is 9.86. The molecule has 0 unspecified atom stereocenters. The topological polar surface area (TPSA) is 6.48 Å². The lowest BCUT2D eigenvalue weighted by Crippen LogP contribution is -2.22. The minimum atomic E-state index is 0.114. The van der Waals surface area contributed by atoms with Gasteiger partial charge in [-0.2, -0.15) is 0 Å². The van der Waals surface area contributed by atoms with Crippen LogP contribution in [-0.2, 0) is 26.2 Å². The van der Waals surface area contributed by atoms with Crippen LogP contribution in [0.25, 0.3) is 0 Å². The van der Waals surface area contributed by atoms with Crippen molar-refractivity contribution < 1.29 is 0 Å². The molecule has 0 spiro atoms. The molecule has 0 aromatic heterocycles. The van der Waals surface area contributed by atoms with Crippen LogP contribution >= 0.6 is 0 Å². The van der Waals surface area contributed by atoms with Crippen LogP contribution in [0.2, 0.25) is 0 Å². The van der Waals surface area contributed by atoms with E-state index in [-0.39, 0.29) is 5.92 Å². The minimum Gasteiger partial charge on any atom is -0.363 e. The predicted octanol–water partition coefficient (Wildman–Crippen LogP) is 11.9. The summed E-state index contributed by atoms with van der Waals surface area (Å²) in [4.78, 5) is 4.99. The van der Waals surface area contributed by atoms with E-state index in [1.54, 1.807) is 0 Å². The summed E-state index contributed by atoms with van der Waals surface area (Å²) in [5.74, 6) is 0.114. The van der Waals surface area contributed by atoms with Gasteiger partial charge in [0.2, 0.25) is 0 Å². The Morgan fingerprint density at radius 3 is 0.941 bits per heavy atom. The summed E-state index contributed by atoms with van der Waals surface area (Å²) in [7, 11) is 0. The zero-order valence-electron chi connectivity index (χ0n) is 29.7. The molecule has 0 aliphatic carbocycles. The molecule has 0 heterocycles. The van der Waals surface area contributed by atoms with E-state index in [9.17, 15) is 0 Å². The molecule has 0 amide bonds. The number of hydrogen-bond acceptors (Lipinski definition) is 2. The van der Waals surface area contributed by atoms with Gasteiger partial charge in [-0.15, -0.1) is 0 Å². The first-order valence-electron chi connectivity index (χ1n) is 18.0. The Morgan fingerprint density at radius 2 is 0.647 bits per heavy atom. The van der Waals surface area contributed by atoms with Gasteiger partial charge >= 0.3 is 0 Å². The summed E-state index contributed by atoms with van der Waals surface area (Å²) < 4.78 is 0. The Bertz CT molecular complexity index is 1890. The van der Waals surface area contributed by atoms with E-state index in [1.165, 1.54) is 61.4 Å². The van der Waals surface area contributed by atoms with Crippen molar-refractivity contribution in [2.75, 3.05) is 9.80 Å². The number of aryl methyl sites for hydroxylation is 2. The van der Waals surface area contributed by atoms with Gasteiger partial charge in [0, 0.05) is 43.5 Å². The van der Waals surface area contributed by atoms with Crippen molar-refractivity contribution >= 4 is 11.4 Å². The molecule has 51 heavy (non-hydrogen) atoms. The van der Waals surface area contributed by atoms with E-state index in [0.717, 1.165) is 26.2 Å². The number of nitrogens with zero attached hydrogens (tertiary/aromatic N) is 2. The van der Waals surface area contributed by atoms with E-state index < -0.39 is 0 Å². The summed E-state index contributed by atoms with van der Waals surface area (Å²) >= 11 is 0. The van der Waals surface area contributed by atoms with E-state index in [4.69, 9.17) is 0 Å². The maximum Gasteiger partial charge on any atom is 0.0433 e. The van der Waals surface area contributed by atoms with Crippen molar-refractivity contribution in [3.63, 3.8) is 0 Å². The molecule has 252 valence electrons. The quantitative estimate of drug-likeness (QED) is 0.113. The predicted molar refractivity (Wildman–Crippen MR) is 215 cm³/mol. The van der Waals surface area contributed by atoms with Gasteiger partial charge in [-0.1, -0.05) is 164 Å². The second-order valence-electron chi connectivity index (χ2n) is 13.6. The summed E-state index contributed by atoms with van der Waals surface area (Å²) in [5, 5.41) is 0. The SMILES string of the molecule is Cc1cc(N(Cc2ccccc2)Cc2ccccc2)ccc1C(c1ccccc1)c1ccc(N(Cc2ccccc2)Cc2ccccc2)cc1C. The van der Waals surface area contributed by atoms with Crippen molar-refractivity contribution in [3.8, 4) is 0 Å². The van der Waals surface area contributed by atoms with Crippen molar-refractivity contribution in [2.45, 2.75) is 45.9 Å². The molecule has 0 fully saturated rings. The van der Waals surface area contributed by atoms with Crippen LogP contribution in [0.3, 0.4) is 0 Å². The second kappa shape index (κ2) is 16.2. The maximum absolute atomic E-state index is 2.49. The Balaban J connectivity index is 1.24. The minimum absolute atomic E-state index is 0.114. The van der Waals surface area contributed by atoms with Gasteiger partial charge in [0.1, 0.15) is 0 Å². The Hall–Kier alpha value is -5.86. The fourth-order valence-electron chi connectivity index (χ4n) is 7.23. The molecule has 0 saturated heterocycles. The maximum atomic E-state index is 2.49. The molecule has 0 saturated carbocycles. The van der Waals surface area contributed by atoms with E-state index >= 15 is 0 Å². The van der Waals surface area contributed by atoms with Crippen molar-refractivity contribution in [3.05, 3.63) is 238 Å². The van der Waals surface area contributed by atoms with Gasteiger partial charge in [-0.25, -0.2) is 0 Å². The van der Waals surface area contributed by atoms with Gasteiger partial charge in [0.05, 0.1) is 0 Å². The van der Waals surface area contributed by atoms with Gasteiger partial charge in [0.15, 0.2) is 0 Å². The zero-order chi connectivity index (χ0) is 34.8. The third kappa shape index (κ3) is 8.48. The highest BCUT2D eigenvalue weighted by atomic mass is 15.1. The number of anilines is 2. The van der Waals surface area contributed by atoms with Crippen LogP contribution in [0.4, 0.5) is 11.4 Å². The average molecular weight is 663 g/mol. The van der Waals surface area contributed by atoms with Crippen LogP contribution in [-0.4, -0.2) is 0 Å². The molecule has 2 heteroatoms. The highest BCUT2D eigenvalue weighted by Crippen LogP contribution is 2.38. The molecular formula is C49H46N2. The Kier molecular flexibility index (Phi) is 10.7. The molecule has 0 aliphatic rings. The van der Waals surface area contributed by atoms with Gasteiger partial charge in [-0.3, -0.25) is 0 Å². The lowest BCUT2D eigenvalue weighted by Gasteiger charge is -2.29. The first-order chi connectivity index (χ1) is 25.1. The van der Waals surface area contributed by atoms with Crippen molar-refractivity contribution in [1.82, 2.24) is 0 Å². The molecule has 7 rings (SSSR count). The first kappa shape index (κ1) is 33.6. The largest absolute Gasteiger partial charge is 0.363 e. The van der Waals surface area contributed by atoms with Crippen LogP contribution < -0.4 is 9.80 Å². The van der Waals surface area contributed by atoms with Crippen LogP contribution in [0.15, 0.2) is 188 Å². The van der Waals surface area contributed by atoms with E-state index in [0.29, 0.717) is 0 Å². The Morgan fingerprint density at radius 1 is 0.353 bits per heavy atom. The van der Waals surface area contributed by atoms with Gasteiger partial charge in [0.25, 0.3) is 0 Å². The van der Waals surface area contributed by atoms with E-state index in [2.05, 4.69) is 212 Å². The molecule has 0 aliphatic heterocycles. The normalized spacial score (nSPS) is 11.0. The lowest BCUT2D eigenvalue weighted by molar-refractivity contribution is 0.797. The van der Waals surface area contributed by atoms with Crippen molar-refractivity contribution in [1.29, 1.82) is 0 Å². The summed E-state index contributed by atoms with van der Waals surface area (Å²) in [6.07, 6.45) is 0. The monoisotopic (exact) mass is 662 g/mol. The molecule has 0 N–H and O–H groups in total. The van der Waals surface area contributed by atoms with Crippen LogP contribution in [0.5, 0.6) is 0 Å². The van der Waals surface area contributed by atoms with Gasteiger partial charge < -0.3 is 9.80 Å². The molecule has 7 aromatic rings. The third-order valence-corrected chi connectivity index (χ3v) is 9.86. The van der Waals surface area contributed by atoms with Crippen LogP contribution in [0.1, 0.15) is 56.0 Å². The van der Waals surface area contributed by atoms with E-state index in [1.807, 2.05) is 0 Å². The second-order valence-corrected chi connectivity index (χ2v) is 13.6. The summed E-state index contributed by atoms with van der Waals surface area (Å²) in [6, 6.07) is 68.3. The summed E-state index contributed by atoms with van der Waals surface area (Å²) in [5.41, 5.74) is 14.3. The lowest BCUT2D eigenvalue weighted by atomic mass is 9.81. The van der Waals surface area contributed by atoms with Crippen LogP contribution in [0, 0.1) is 13.8 Å². The highest BCUT2D eigenvalue weighted by molar-refractivity contribution is 5.59. The molecule has 0 bridgehead atoms. The average Bonchev–Trinajstić information content (AvgIpc) is 3.18. The smallest absolute Gasteiger partial charge is 0.0433 e. The number of benzene rings is 7.